The highest BCUT2D eigenvalue weighted by molar-refractivity contribution is 7.91. The molecule has 1 saturated heterocycles. The lowest BCUT2D eigenvalue weighted by atomic mass is 10.2. The summed E-state index contributed by atoms with van der Waals surface area (Å²) in [7, 11) is -2.95. The van der Waals surface area contributed by atoms with Gasteiger partial charge in [-0.05, 0) is 25.5 Å². The second kappa shape index (κ2) is 6.64. The Morgan fingerprint density at radius 1 is 1.23 bits per heavy atom. The van der Waals surface area contributed by atoms with Gasteiger partial charge in [-0.15, -0.1) is 0 Å². The fraction of sp³-hybridized carbons (Fsp3) is 0.412. The van der Waals surface area contributed by atoms with Crippen molar-refractivity contribution in [1.29, 1.82) is 0 Å². The number of hydrogen-bond acceptors (Lipinski definition) is 8. The van der Waals surface area contributed by atoms with Crippen LogP contribution in [0.3, 0.4) is 0 Å². The van der Waals surface area contributed by atoms with Gasteiger partial charge < -0.3 is 19.7 Å². The number of nitrogens with zero attached hydrogens (tertiary/aromatic N) is 3. The Hall–Kier alpha value is -2.55. The van der Waals surface area contributed by atoms with Crippen LogP contribution in [0.25, 0.3) is 0 Å². The predicted octanol–water partition coefficient (Wildman–Crippen LogP) is 1.96. The zero-order valence-electron chi connectivity index (χ0n) is 14.4. The van der Waals surface area contributed by atoms with E-state index in [0.29, 0.717) is 30.4 Å². The van der Waals surface area contributed by atoms with Gasteiger partial charge in [-0.1, -0.05) is 0 Å². The highest BCUT2D eigenvalue weighted by Gasteiger charge is 2.32. The molecular formula is C17H20N4O4S. The van der Waals surface area contributed by atoms with Crippen LogP contribution in [0.15, 0.2) is 30.6 Å². The van der Waals surface area contributed by atoms with Crippen LogP contribution in [0.2, 0.25) is 0 Å². The van der Waals surface area contributed by atoms with Crippen LogP contribution in [0.4, 0.5) is 17.3 Å². The Kier molecular flexibility index (Phi) is 4.31. The average Bonchev–Trinajstić information content (AvgIpc) is 3.22. The smallest absolute Gasteiger partial charge is 0.231 e. The molecule has 1 aromatic carbocycles. The molecule has 138 valence electrons. The van der Waals surface area contributed by atoms with Crippen LogP contribution in [-0.4, -0.2) is 49.3 Å². The maximum atomic E-state index is 11.8. The summed E-state index contributed by atoms with van der Waals surface area (Å²) in [6, 6.07) is 7.37. The Morgan fingerprint density at radius 3 is 2.85 bits per heavy atom. The molecule has 3 heterocycles. The molecule has 0 aliphatic carbocycles. The normalized spacial score (nSPS) is 20.1. The van der Waals surface area contributed by atoms with E-state index in [1.54, 1.807) is 0 Å². The number of sulfone groups is 1. The van der Waals surface area contributed by atoms with Gasteiger partial charge in [-0.25, -0.2) is 18.4 Å². The number of aromatic nitrogens is 2. The molecule has 1 unspecified atom stereocenters. The van der Waals surface area contributed by atoms with Crippen molar-refractivity contribution in [2.75, 3.05) is 35.1 Å². The second-order valence-electron chi connectivity index (χ2n) is 6.30. The molecule has 2 aliphatic heterocycles. The predicted molar refractivity (Wildman–Crippen MR) is 98.0 cm³/mol. The van der Waals surface area contributed by atoms with Crippen LogP contribution in [0.5, 0.6) is 11.5 Å². The second-order valence-corrected chi connectivity index (χ2v) is 8.53. The van der Waals surface area contributed by atoms with Gasteiger partial charge in [0.05, 0.1) is 11.5 Å². The van der Waals surface area contributed by atoms with Crippen LogP contribution in [0.1, 0.15) is 13.3 Å². The van der Waals surface area contributed by atoms with Crippen molar-refractivity contribution >= 4 is 27.2 Å². The summed E-state index contributed by atoms with van der Waals surface area (Å²) in [6.45, 7) is 2.91. The van der Waals surface area contributed by atoms with Crippen LogP contribution >= 0.6 is 0 Å². The van der Waals surface area contributed by atoms with Crippen molar-refractivity contribution in [3.63, 3.8) is 0 Å². The lowest BCUT2D eigenvalue weighted by Gasteiger charge is -2.28. The van der Waals surface area contributed by atoms with E-state index in [-0.39, 0.29) is 24.3 Å². The summed E-state index contributed by atoms with van der Waals surface area (Å²) in [6.07, 6.45) is 2.11. The molecule has 1 N–H and O–H groups in total. The van der Waals surface area contributed by atoms with Gasteiger partial charge in [0.2, 0.25) is 6.79 Å². The Bertz CT molecular complexity index is 919. The molecule has 9 heteroatoms. The molecule has 1 aromatic heterocycles. The van der Waals surface area contributed by atoms with Crippen molar-refractivity contribution in [2.45, 2.75) is 19.4 Å². The van der Waals surface area contributed by atoms with Gasteiger partial charge in [0.1, 0.15) is 18.0 Å². The Morgan fingerprint density at radius 2 is 2.08 bits per heavy atom. The van der Waals surface area contributed by atoms with Gasteiger partial charge in [0.15, 0.2) is 21.3 Å². The van der Waals surface area contributed by atoms with Gasteiger partial charge in [-0.3, -0.25) is 0 Å². The summed E-state index contributed by atoms with van der Waals surface area (Å²) in [5.74, 6) is 3.17. The molecule has 26 heavy (non-hydrogen) atoms. The Labute approximate surface area is 152 Å². The lowest BCUT2D eigenvalue weighted by molar-refractivity contribution is 0.174. The van der Waals surface area contributed by atoms with Gasteiger partial charge in [-0.2, -0.15) is 0 Å². The first-order valence-corrected chi connectivity index (χ1v) is 10.3. The number of nitrogens with one attached hydrogen (secondary N) is 1. The zero-order chi connectivity index (χ0) is 18.1. The van der Waals surface area contributed by atoms with Crippen LogP contribution < -0.4 is 19.7 Å². The molecule has 2 aromatic rings. The first-order valence-electron chi connectivity index (χ1n) is 8.50. The summed E-state index contributed by atoms with van der Waals surface area (Å²) in [4.78, 5) is 10.6. The largest absolute Gasteiger partial charge is 0.454 e. The number of fused-ring (bicyclic) bond motifs is 1. The zero-order valence-corrected chi connectivity index (χ0v) is 15.2. The summed E-state index contributed by atoms with van der Waals surface area (Å²) >= 11 is 0. The first-order chi connectivity index (χ1) is 12.5. The highest BCUT2D eigenvalue weighted by atomic mass is 32.2. The van der Waals surface area contributed by atoms with Crippen molar-refractivity contribution in [3.05, 3.63) is 30.6 Å². The third-order valence-electron chi connectivity index (χ3n) is 4.58. The molecule has 0 spiro atoms. The van der Waals surface area contributed by atoms with Crippen molar-refractivity contribution < 1.29 is 17.9 Å². The van der Waals surface area contributed by atoms with E-state index in [4.69, 9.17) is 9.47 Å². The standard InChI is InChI=1S/C17H20N4O4S/c1-2-21(13-5-6-26(22,23)9-13)17-8-16(18-10-19-17)20-12-3-4-14-15(7-12)25-11-24-14/h3-4,7-8,10,13H,2,5-6,9,11H2,1H3,(H,18,19,20). The molecular weight excluding hydrogens is 356 g/mol. The lowest BCUT2D eigenvalue weighted by Crippen LogP contribution is -2.36. The van der Waals surface area contributed by atoms with E-state index in [1.807, 2.05) is 36.1 Å². The van der Waals surface area contributed by atoms with Crippen molar-refractivity contribution in [1.82, 2.24) is 9.97 Å². The monoisotopic (exact) mass is 376 g/mol. The minimum Gasteiger partial charge on any atom is -0.454 e. The van der Waals surface area contributed by atoms with E-state index in [9.17, 15) is 8.42 Å². The molecule has 4 rings (SSSR count). The van der Waals surface area contributed by atoms with E-state index in [2.05, 4.69) is 15.3 Å². The number of hydrogen-bond donors (Lipinski definition) is 1. The molecule has 8 nitrogen and oxygen atoms in total. The van der Waals surface area contributed by atoms with Gasteiger partial charge in [0.25, 0.3) is 0 Å². The molecule has 2 aliphatic rings. The molecule has 1 atom stereocenters. The van der Waals surface area contributed by atoms with E-state index >= 15 is 0 Å². The third kappa shape index (κ3) is 3.39. The van der Waals surface area contributed by atoms with Crippen molar-refractivity contribution in [2.24, 2.45) is 0 Å². The maximum Gasteiger partial charge on any atom is 0.231 e. The summed E-state index contributed by atoms with van der Waals surface area (Å²) < 4.78 is 34.3. The maximum absolute atomic E-state index is 11.8. The third-order valence-corrected chi connectivity index (χ3v) is 6.33. The van der Waals surface area contributed by atoms with E-state index in [0.717, 1.165) is 11.4 Å². The number of anilines is 3. The first kappa shape index (κ1) is 16.9. The molecule has 0 bridgehead atoms. The number of ether oxygens (including phenoxy) is 2. The minimum absolute atomic E-state index is 0.0432. The number of rotatable bonds is 5. The van der Waals surface area contributed by atoms with Gasteiger partial charge in [0, 0.05) is 30.4 Å². The SMILES string of the molecule is CCN(c1cc(Nc2ccc3c(c2)OCO3)ncn1)C1CCS(=O)(=O)C1. The molecule has 0 radical (unpaired) electrons. The van der Waals surface area contributed by atoms with E-state index in [1.165, 1.54) is 6.33 Å². The van der Waals surface area contributed by atoms with Crippen molar-refractivity contribution in [3.8, 4) is 11.5 Å². The fourth-order valence-electron chi connectivity index (χ4n) is 3.32. The number of benzene rings is 1. The van der Waals surface area contributed by atoms with Crippen LogP contribution in [0, 0.1) is 0 Å². The fourth-order valence-corrected chi connectivity index (χ4v) is 5.05. The molecule has 0 amide bonds. The van der Waals surface area contributed by atoms with Crippen LogP contribution in [-0.2, 0) is 9.84 Å². The minimum atomic E-state index is -2.95. The van der Waals surface area contributed by atoms with E-state index < -0.39 is 9.84 Å². The summed E-state index contributed by atoms with van der Waals surface area (Å²) in [5.41, 5.74) is 0.824. The molecule has 0 saturated carbocycles. The molecule has 1 fully saturated rings. The summed E-state index contributed by atoms with van der Waals surface area (Å²) in [5, 5.41) is 3.23. The highest BCUT2D eigenvalue weighted by Crippen LogP contribution is 2.35. The Balaban J connectivity index is 1.54. The topological polar surface area (TPSA) is 93.7 Å². The quantitative estimate of drug-likeness (QED) is 0.846. The van der Waals surface area contributed by atoms with Gasteiger partial charge >= 0.3 is 0 Å². The average molecular weight is 376 g/mol.